The minimum Gasteiger partial charge on any atom is -0.309 e. The molecule has 1 aromatic rings. The van der Waals surface area contributed by atoms with Gasteiger partial charge in [-0.05, 0) is 39.9 Å². The minimum atomic E-state index is 0. The number of thiophene rings is 1. The van der Waals surface area contributed by atoms with Crippen molar-refractivity contribution in [2.45, 2.75) is 46.7 Å². The van der Waals surface area contributed by atoms with Crippen molar-refractivity contribution in [3.05, 3.63) is 20.8 Å². The lowest BCUT2D eigenvalue weighted by atomic mass is 9.85. The van der Waals surface area contributed by atoms with Gasteiger partial charge in [0.15, 0.2) is 0 Å². The quantitative estimate of drug-likeness (QED) is 0.834. The fourth-order valence-electron chi connectivity index (χ4n) is 1.73. The summed E-state index contributed by atoms with van der Waals surface area (Å²) in [7, 11) is 0. The molecule has 1 nitrogen and oxygen atoms in total. The zero-order valence-electron chi connectivity index (χ0n) is 10.3. The van der Waals surface area contributed by atoms with Gasteiger partial charge in [-0.25, -0.2) is 0 Å². The first-order valence-corrected chi connectivity index (χ1v) is 7.02. The van der Waals surface area contributed by atoms with E-state index < -0.39 is 0 Å². The molecule has 0 aromatic carbocycles. The smallest absolute Gasteiger partial charge is 0.0701 e. The molecule has 1 heterocycles. The molecular weight excluding hydrogens is 306 g/mol. The Balaban J connectivity index is 0.00000225. The van der Waals surface area contributed by atoms with Crippen molar-refractivity contribution in [3.63, 3.8) is 0 Å². The van der Waals surface area contributed by atoms with E-state index in [-0.39, 0.29) is 12.4 Å². The molecule has 0 saturated heterocycles. The third-order valence-electron chi connectivity index (χ3n) is 2.61. The highest BCUT2D eigenvalue weighted by Crippen LogP contribution is 2.24. The van der Waals surface area contributed by atoms with E-state index in [9.17, 15) is 0 Å². The lowest BCUT2D eigenvalue weighted by molar-refractivity contribution is 0.260. The standard InChI is InChI=1S/C12H20BrNS.ClH/c1-5-10(12(2,3)4)14-8-9-6-7-11(13)15-9;/h6-7,10,14H,5,8H2,1-4H3;1H. The van der Waals surface area contributed by atoms with Crippen molar-refractivity contribution < 1.29 is 0 Å². The predicted molar refractivity (Wildman–Crippen MR) is 79.6 cm³/mol. The Labute approximate surface area is 118 Å². The molecule has 0 fully saturated rings. The maximum Gasteiger partial charge on any atom is 0.0701 e. The second kappa shape index (κ2) is 7.00. The Morgan fingerprint density at radius 1 is 1.38 bits per heavy atom. The minimum absolute atomic E-state index is 0. The van der Waals surface area contributed by atoms with E-state index in [4.69, 9.17) is 0 Å². The Morgan fingerprint density at radius 2 is 2.00 bits per heavy atom. The summed E-state index contributed by atoms with van der Waals surface area (Å²) < 4.78 is 1.21. The second-order valence-electron chi connectivity index (χ2n) is 4.91. The second-order valence-corrected chi connectivity index (χ2v) is 7.46. The van der Waals surface area contributed by atoms with E-state index in [1.54, 1.807) is 11.3 Å². The van der Waals surface area contributed by atoms with Crippen LogP contribution in [0.15, 0.2) is 15.9 Å². The molecule has 0 aliphatic rings. The van der Waals surface area contributed by atoms with Crippen LogP contribution in [0.25, 0.3) is 0 Å². The summed E-state index contributed by atoms with van der Waals surface area (Å²) in [6.07, 6.45) is 1.18. The van der Waals surface area contributed by atoms with Crippen LogP contribution in [0, 0.1) is 5.41 Å². The van der Waals surface area contributed by atoms with E-state index in [0.717, 1.165) is 6.54 Å². The van der Waals surface area contributed by atoms with Gasteiger partial charge in [-0.3, -0.25) is 0 Å². The lowest BCUT2D eigenvalue weighted by Crippen LogP contribution is -2.39. The molecule has 1 rings (SSSR count). The van der Waals surface area contributed by atoms with Gasteiger partial charge >= 0.3 is 0 Å². The van der Waals surface area contributed by atoms with Crippen LogP contribution in [0.3, 0.4) is 0 Å². The average Bonchev–Trinajstić information content (AvgIpc) is 2.50. The molecule has 4 heteroatoms. The van der Waals surface area contributed by atoms with Crippen LogP contribution in [0.4, 0.5) is 0 Å². The van der Waals surface area contributed by atoms with E-state index in [1.165, 1.54) is 15.1 Å². The van der Waals surface area contributed by atoms with Crippen LogP contribution in [0.1, 0.15) is 39.0 Å². The number of hydrogen-bond acceptors (Lipinski definition) is 2. The summed E-state index contributed by atoms with van der Waals surface area (Å²) in [5.74, 6) is 0. The summed E-state index contributed by atoms with van der Waals surface area (Å²) in [4.78, 5) is 1.39. The lowest BCUT2D eigenvalue weighted by Gasteiger charge is -2.30. The van der Waals surface area contributed by atoms with Crippen molar-refractivity contribution in [2.75, 3.05) is 0 Å². The first-order chi connectivity index (χ1) is 6.93. The highest BCUT2D eigenvalue weighted by atomic mass is 79.9. The van der Waals surface area contributed by atoms with E-state index in [0.29, 0.717) is 11.5 Å². The molecule has 0 aliphatic carbocycles. The van der Waals surface area contributed by atoms with E-state index >= 15 is 0 Å². The molecule has 1 aromatic heterocycles. The maximum absolute atomic E-state index is 3.63. The predicted octanol–water partition coefficient (Wildman–Crippen LogP) is 4.85. The van der Waals surface area contributed by atoms with Crippen LogP contribution >= 0.6 is 39.7 Å². The third kappa shape index (κ3) is 5.17. The van der Waals surface area contributed by atoms with Gasteiger partial charge in [-0.15, -0.1) is 23.7 Å². The molecular formula is C12H21BrClNS. The van der Waals surface area contributed by atoms with Gasteiger partial charge in [-0.2, -0.15) is 0 Å². The van der Waals surface area contributed by atoms with E-state index in [2.05, 4.69) is 61.1 Å². The Hall–Kier alpha value is 0.430. The van der Waals surface area contributed by atoms with Crippen molar-refractivity contribution in [3.8, 4) is 0 Å². The maximum atomic E-state index is 3.63. The molecule has 0 saturated carbocycles. The zero-order valence-corrected chi connectivity index (χ0v) is 13.6. The third-order valence-corrected chi connectivity index (χ3v) is 4.23. The molecule has 0 radical (unpaired) electrons. The first kappa shape index (κ1) is 16.4. The molecule has 1 unspecified atom stereocenters. The molecule has 0 aliphatic heterocycles. The average molecular weight is 327 g/mol. The number of rotatable bonds is 4. The Morgan fingerprint density at radius 3 is 2.38 bits per heavy atom. The summed E-state index contributed by atoms with van der Waals surface area (Å²) in [6, 6.07) is 4.87. The Bertz CT molecular complexity index is 306. The van der Waals surface area contributed by atoms with Crippen molar-refractivity contribution in [1.82, 2.24) is 5.32 Å². The molecule has 1 N–H and O–H groups in total. The van der Waals surface area contributed by atoms with E-state index in [1.807, 2.05) is 0 Å². The largest absolute Gasteiger partial charge is 0.309 e. The fourth-order valence-corrected chi connectivity index (χ4v) is 3.17. The number of hydrogen-bond donors (Lipinski definition) is 1. The zero-order chi connectivity index (χ0) is 11.5. The monoisotopic (exact) mass is 325 g/mol. The normalized spacial score (nSPS) is 13.3. The van der Waals surface area contributed by atoms with Crippen molar-refractivity contribution >= 4 is 39.7 Å². The van der Waals surface area contributed by atoms with Crippen molar-refractivity contribution in [1.29, 1.82) is 0 Å². The molecule has 94 valence electrons. The van der Waals surface area contributed by atoms with Crippen molar-refractivity contribution in [2.24, 2.45) is 5.41 Å². The summed E-state index contributed by atoms with van der Waals surface area (Å²) >= 11 is 5.29. The summed E-state index contributed by atoms with van der Waals surface area (Å²) in [5, 5.41) is 3.63. The van der Waals surface area contributed by atoms with Gasteiger partial charge in [0.2, 0.25) is 0 Å². The van der Waals surface area contributed by atoms with Crippen LogP contribution in [0.2, 0.25) is 0 Å². The molecule has 16 heavy (non-hydrogen) atoms. The molecule has 0 amide bonds. The number of nitrogens with one attached hydrogen (secondary N) is 1. The van der Waals surface area contributed by atoms with Gasteiger partial charge in [0.05, 0.1) is 3.79 Å². The van der Waals surface area contributed by atoms with Crippen LogP contribution < -0.4 is 5.32 Å². The van der Waals surface area contributed by atoms with Gasteiger partial charge in [0.1, 0.15) is 0 Å². The van der Waals surface area contributed by atoms with Gasteiger partial charge in [-0.1, -0.05) is 27.7 Å². The van der Waals surface area contributed by atoms with Crippen LogP contribution in [-0.4, -0.2) is 6.04 Å². The summed E-state index contributed by atoms with van der Waals surface area (Å²) in [5.41, 5.74) is 0.337. The van der Waals surface area contributed by atoms with Crippen LogP contribution in [0.5, 0.6) is 0 Å². The van der Waals surface area contributed by atoms with Gasteiger partial charge in [0, 0.05) is 17.5 Å². The SMILES string of the molecule is CCC(NCc1ccc(Br)s1)C(C)(C)C.Cl. The number of halogens is 2. The molecule has 0 spiro atoms. The highest BCUT2D eigenvalue weighted by Gasteiger charge is 2.22. The van der Waals surface area contributed by atoms with Gasteiger partial charge < -0.3 is 5.32 Å². The molecule has 0 bridgehead atoms. The Kier molecular flexibility index (Phi) is 7.18. The highest BCUT2D eigenvalue weighted by molar-refractivity contribution is 9.11. The van der Waals surface area contributed by atoms with Crippen LogP contribution in [-0.2, 0) is 6.54 Å². The molecule has 1 atom stereocenters. The first-order valence-electron chi connectivity index (χ1n) is 5.41. The summed E-state index contributed by atoms with van der Waals surface area (Å²) in [6.45, 7) is 10.1. The van der Waals surface area contributed by atoms with Gasteiger partial charge in [0.25, 0.3) is 0 Å². The fraction of sp³-hybridized carbons (Fsp3) is 0.667. The topological polar surface area (TPSA) is 12.0 Å².